The summed E-state index contributed by atoms with van der Waals surface area (Å²) in [6.07, 6.45) is 3.75. The fraction of sp³-hybridized carbons (Fsp3) is 0.333. The molecular formula is C24H27NO4. The molecule has 1 saturated heterocycles. The Morgan fingerprint density at radius 3 is 2.21 bits per heavy atom. The van der Waals surface area contributed by atoms with Crippen molar-refractivity contribution in [3.63, 3.8) is 0 Å². The molecule has 3 atom stereocenters. The Hall–Kier alpha value is -2.92. The molecule has 0 radical (unpaired) electrons. The standard InChI is InChI=1S/C20H23N.C4H4O4/c1-14-6-8-15(9-7-14)19-12-16-10-11-21-13-20(16)18-5-3-2-4-17(18)19;5-3(6)1-2-4(7)8/h2-9,16,19-21H,10-13H2,1H3;1-2H,(H,5,6)(H,7,8)/b;2-1-. The number of fused-ring (bicyclic) bond motifs is 3. The average molecular weight is 393 g/mol. The molecule has 0 spiro atoms. The fourth-order valence-corrected chi connectivity index (χ4v) is 4.41. The Bertz CT molecular complexity index is 872. The first-order chi connectivity index (χ1) is 14.0. The van der Waals surface area contributed by atoms with Gasteiger partial charge in [-0.15, -0.1) is 0 Å². The number of carbonyl (C=O) groups is 2. The molecule has 4 rings (SSSR count). The maximum atomic E-state index is 9.55. The minimum Gasteiger partial charge on any atom is -0.478 e. The van der Waals surface area contributed by atoms with Gasteiger partial charge >= 0.3 is 11.9 Å². The van der Waals surface area contributed by atoms with Crippen molar-refractivity contribution < 1.29 is 19.8 Å². The molecule has 29 heavy (non-hydrogen) atoms. The summed E-state index contributed by atoms with van der Waals surface area (Å²) in [5, 5.41) is 19.2. The van der Waals surface area contributed by atoms with Crippen molar-refractivity contribution in [1.29, 1.82) is 0 Å². The van der Waals surface area contributed by atoms with Crippen LogP contribution in [0.3, 0.4) is 0 Å². The highest BCUT2D eigenvalue weighted by molar-refractivity contribution is 5.89. The van der Waals surface area contributed by atoms with Crippen LogP contribution in [0, 0.1) is 12.8 Å². The van der Waals surface area contributed by atoms with Gasteiger partial charge in [-0.2, -0.15) is 0 Å². The number of benzene rings is 2. The van der Waals surface area contributed by atoms with E-state index < -0.39 is 11.9 Å². The van der Waals surface area contributed by atoms with Crippen LogP contribution in [0.4, 0.5) is 0 Å². The highest BCUT2D eigenvalue weighted by atomic mass is 16.4. The number of piperidine rings is 1. The van der Waals surface area contributed by atoms with Gasteiger partial charge in [0.25, 0.3) is 0 Å². The van der Waals surface area contributed by atoms with Gasteiger partial charge in [-0.05, 0) is 54.8 Å². The zero-order valence-corrected chi connectivity index (χ0v) is 16.5. The molecule has 1 aliphatic carbocycles. The molecule has 3 N–H and O–H groups in total. The highest BCUT2D eigenvalue weighted by Gasteiger charge is 2.36. The summed E-state index contributed by atoms with van der Waals surface area (Å²) in [6, 6.07) is 18.3. The Morgan fingerprint density at radius 1 is 0.966 bits per heavy atom. The molecule has 0 amide bonds. The van der Waals surface area contributed by atoms with E-state index in [9.17, 15) is 9.59 Å². The maximum absolute atomic E-state index is 9.55. The largest absolute Gasteiger partial charge is 0.478 e. The number of rotatable bonds is 3. The SMILES string of the molecule is Cc1ccc(C2CC3CCNCC3c3ccccc32)cc1.O=C(O)/C=C\C(=O)O. The van der Waals surface area contributed by atoms with E-state index in [4.69, 9.17) is 10.2 Å². The molecule has 5 nitrogen and oxygen atoms in total. The lowest BCUT2D eigenvalue weighted by molar-refractivity contribution is -0.134. The molecule has 152 valence electrons. The number of carboxylic acid groups (broad SMARTS) is 2. The molecule has 1 heterocycles. The Kier molecular flexibility index (Phi) is 6.83. The summed E-state index contributed by atoms with van der Waals surface area (Å²) in [4.78, 5) is 19.1. The summed E-state index contributed by atoms with van der Waals surface area (Å²) in [5.74, 6) is -0.370. The van der Waals surface area contributed by atoms with Gasteiger partial charge in [0.15, 0.2) is 0 Å². The maximum Gasteiger partial charge on any atom is 0.328 e. The number of hydrogen-bond donors (Lipinski definition) is 3. The molecule has 0 saturated carbocycles. The van der Waals surface area contributed by atoms with Crippen molar-refractivity contribution in [1.82, 2.24) is 5.32 Å². The minimum atomic E-state index is -1.26. The number of aryl methyl sites for hydroxylation is 1. The molecule has 3 unspecified atom stereocenters. The van der Waals surface area contributed by atoms with Crippen LogP contribution in [0.5, 0.6) is 0 Å². The van der Waals surface area contributed by atoms with Crippen molar-refractivity contribution in [2.24, 2.45) is 5.92 Å². The van der Waals surface area contributed by atoms with Crippen molar-refractivity contribution in [3.8, 4) is 0 Å². The van der Waals surface area contributed by atoms with Crippen LogP contribution >= 0.6 is 0 Å². The molecule has 5 heteroatoms. The van der Waals surface area contributed by atoms with Crippen molar-refractivity contribution in [3.05, 3.63) is 82.9 Å². The number of carboxylic acids is 2. The van der Waals surface area contributed by atoms with Crippen LogP contribution in [0.15, 0.2) is 60.7 Å². The normalized spacial score (nSPS) is 22.7. The third-order valence-electron chi connectivity index (χ3n) is 5.78. The number of hydrogen-bond acceptors (Lipinski definition) is 3. The lowest BCUT2D eigenvalue weighted by atomic mass is 9.66. The molecule has 1 fully saturated rings. The van der Waals surface area contributed by atoms with Crippen LogP contribution in [-0.2, 0) is 9.59 Å². The second kappa shape index (κ2) is 9.52. The van der Waals surface area contributed by atoms with Gasteiger partial charge in [0, 0.05) is 24.6 Å². The first-order valence-corrected chi connectivity index (χ1v) is 9.95. The van der Waals surface area contributed by atoms with Gasteiger partial charge < -0.3 is 15.5 Å². The number of aliphatic carboxylic acids is 2. The van der Waals surface area contributed by atoms with Crippen molar-refractivity contribution in [2.45, 2.75) is 31.6 Å². The van der Waals surface area contributed by atoms with E-state index in [2.05, 4.69) is 60.8 Å². The van der Waals surface area contributed by atoms with Crippen molar-refractivity contribution >= 4 is 11.9 Å². The Morgan fingerprint density at radius 2 is 1.59 bits per heavy atom. The third kappa shape index (κ3) is 5.33. The van der Waals surface area contributed by atoms with Crippen LogP contribution in [-0.4, -0.2) is 35.2 Å². The average Bonchev–Trinajstić information content (AvgIpc) is 2.73. The van der Waals surface area contributed by atoms with Crippen molar-refractivity contribution in [2.75, 3.05) is 13.1 Å². The lowest BCUT2D eigenvalue weighted by Crippen LogP contribution is -2.38. The summed E-state index contributed by atoms with van der Waals surface area (Å²) in [7, 11) is 0. The first kappa shape index (κ1) is 20.8. The summed E-state index contributed by atoms with van der Waals surface area (Å²) < 4.78 is 0. The topological polar surface area (TPSA) is 86.6 Å². The van der Waals surface area contributed by atoms with E-state index in [1.165, 1.54) is 30.5 Å². The molecular weight excluding hydrogens is 366 g/mol. The second-order valence-corrected chi connectivity index (χ2v) is 7.70. The third-order valence-corrected chi connectivity index (χ3v) is 5.78. The van der Waals surface area contributed by atoms with Crippen LogP contribution in [0.25, 0.3) is 0 Å². The van der Waals surface area contributed by atoms with E-state index in [-0.39, 0.29) is 0 Å². The summed E-state index contributed by atoms with van der Waals surface area (Å²) in [5.41, 5.74) is 5.99. The zero-order valence-electron chi connectivity index (χ0n) is 16.5. The van der Waals surface area contributed by atoms with Gasteiger partial charge in [0.05, 0.1) is 0 Å². The molecule has 2 aliphatic rings. The predicted octanol–water partition coefficient (Wildman–Crippen LogP) is 3.94. The van der Waals surface area contributed by atoms with Crippen LogP contribution in [0.2, 0.25) is 0 Å². The second-order valence-electron chi connectivity index (χ2n) is 7.70. The first-order valence-electron chi connectivity index (χ1n) is 9.95. The lowest BCUT2D eigenvalue weighted by Gasteiger charge is -2.41. The molecule has 2 aromatic rings. The quantitative estimate of drug-likeness (QED) is 0.688. The van der Waals surface area contributed by atoms with Gasteiger partial charge in [-0.1, -0.05) is 54.1 Å². The van der Waals surface area contributed by atoms with E-state index >= 15 is 0 Å². The smallest absolute Gasteiger partial charge is 0.328 e. The van der Waals surface area contributed by atoms with E-state index in [0.717, 1.165) is 18.4 Å². The van der Waals surface area contributed by atoms with E-state index in [1.54, 1.807) is 11.1 Å². The highest BCUT2D eigenvalue weighted by Crippen LogP contribution is 2.47. The molecule has 1 aliphatic heterocycles. The van der Waals surface area contributed by atoms with E-state index in [1.807, 2.05) is 0 Å². The number of nitrogens with one attached hydrogen (secondary N) is 1. The van der Waals surface area contributed by atoms with Gasteiger partial charge in [-0.25, -0.2) is 9.59 Å². The molecule has 0 aromatic heterocycles. The fourth-order valence-electron chi connectivity index (χ4n) is 4.41. The van der Waals surface area contributed by atoms with Gasteiger partial charge in [-0.3, -0.25) is 0 Å². The minimum absolute atomic E-state index is 0.558. The Balaban J connectivity index is 0.000000258. The molecule has 2 aromatic carbocycles. The van der Waals surface area contributed by atoms with Gasteiger partial charge in [0.1, 0.15) is 0 Å². The van der Waals surface area contributed by atoms with E-state index in [0.29, 0.717) is 18.1 Å². The monoisotopic (exact) mass is 393 g/mol. The summed E-state index contributed by atoms with van der Waals surface area (Å²) in [6.45, 7) is 4.51. The predicted molar refractivity (Wildman–Crippen MR) is 112 cm³/mol. The van der Waals surface area contributed by atoms with Gasteiger partial charge in [0.2, 0.25) is 0 Å². The summed E-state index contributed by atoms with van der Waals surface area (Å²) >= 11 is 0. The Labute approximate surface area is 171 Å². The van der Waals surface area contributed by atoms with Crippen LogP contribution < -0.4 is 5.32 Å². The zero-order chi connectivity index (χ0) is 20.8. The molecule has 0 bridgehead atoms. The van der Waals surface area contributed by atoms with Crippen LogP contribution in [0.1, 0.15) is 46.9 Å².